The first-order valence-corrected chi connectivity index (χ1v) is 11.7. The number of carbonyl (C=O) groups is 1. The van der Waals surface area contributed by atoms with Crippen LogP contribution in [0, 0.1) is 6.92 Å². The fourth-order valence-corrected chi connectivity index (χ4v) is 3.97. The lowest BCUT2D eigenvalue weighted by Crippen LogP contribution is -2.11. The molecule has 166 valence electrons. The predicted molar refractivity (Wildman–Crippen MR) is 135 cm³/mol. The molecule has 0 N–H and O–H groups in total. The van der Waals surface area contributed by atoms with Crippen LogP contribution >= 0.6 is 11.6 Å². The van der Waals surface area contributed by atoms with E-state index < -0.39 is 0 Å². The van der Waals surface area contributed by atoms with Gasteiger partial charge in [0.1, 0.15) is 0 Å². The standard InChI is InChI=1S/C29H31ClO2/c1-3-4-6-13-25(21-24-11-7-5-8-12-24)28-22(2)10-9-14-27(28)29(31)32-20-19-23-15-17-26(30)18-16-23/h5,7-12,14-18,21H,3-4,6,13,19-20H2,1-2H3/b25-21-. The van der Waals surface area contributed by atoms with E-state index in [1.807, 2.05) is 54.6 Å². The van der Waals surface area contributed by atoms with Gasteiger partial charge in [0, 0.05) is 11.4 Å². The third-order valence-corrected chi connectivity index (χ3v) is 5.79. The summed E-state index contributed by atoms with van der Waals surface area (Å²) < 4.78 is 5.68. The van der Waals surface area contributed by atoms with Crippen LogP contribution in [-0.4, -0.2) is 12.6 Å². The summed E-state index contributed by atoms with van der Waals surface area (Å²) in [6.07, 6.45) is 7.22. The summed E-state index contributed by atoms with van der Waals surface area (Å²) in [7, 11) is 0. The van der Waals surface area contributed by atoms with Crippen molar-refractivity contribution in [3.8, 4) is 0 Å². The first-order chi connectivity index (χ1) is 15.6. The van der Waals surface area contributed by atoms with Crippen LogP contribution in [-0.2, 0) is 11.2 Å². The molecule has 0 aliphatic heterocycles. The number of benzene rings is 3. The van der Waals surface area contributed by atoms with Gasteiger partial charge in [-0.3, -0.25) is 0 Å². The number of hydrogen-bond acceptors (Lipinski definition) is 2. The van der Waals surface area contributed by atoms with Crippen LogP contribution in [0.15, 0.2) is 72.8 Å². The number of aryl methyl sites for hydroxylation is 1. The minimum atomic E-state index is -0.271. The maximum atomic E-state index is 13.1. The van der Waals surface area contributed by atoms with Gasteiger partial charge in [-0.1, -0.05) is 92.0 Å². The number of unbranched alkanes of at least 4 members (excludes halogenated alkanes) is 2. The van der Waals surface area contributed by atoms with E-state index in [1.165, 1.54) is 12.0 Å². The number of allylic oxidation sites excluding steroid dienone is 1. The second-order valence-electron chi connectivity index (χ2n) is 8.05. The van der Waals surface area contributed by atoms with E-state index in [4.69, 9.17) is 16.3 Å². The Bertz CT molecular complexity index is 1040. The molecule has 0 saturated carbocycles. The van der Waals surface area contributed by atoms with Gasteiger partial charge in [-0.15, -0.1) is 0 Å². The van der Waals surface area contributed by atoms with Gasteiger partial charge in [0.05, 0.1) is 12.2 Å². The van der Waals surface area contributed by atoms with E-state index in [-0.39, 0.29) is 5.97 Å². The Balaban J connectivity index is 1.83. The number of carbonyl (C=O) groups excluding carboxylic acids is 1. The summed E-state index contributed by atoms with van der Waals surface area (Å²) in [5.41, 5.74) is 6.16. The Kier molecular flexibility index (Phi) is 9.13. The van der Waals surface area contributed by atoms with Gasteiger partial charge in [0.25, 0.3) is 0 Å². The fraction of sp³-hybridized carbons (Fsp3) is 0.276. The Morgan fingerprint density at radius 1 is 0.938 bits per heavy atom. The highest BCUT2D eigenvalue weighted by molar-refractivity contribution is 6.30. The average molecular weight is 447 g/mol. The molecule has 0 aliphatic rings. The molecule has 2 nitrogen and oxygen atoms in total. The Morgan fingerprint density at radius 3 is 2.41 bits per heavy atom. The highest BCUT2D eigenvalue weighted by Crippen LogP contribution is 2.30. The SMILES string of the molecule is CCCCC/C(=C/c1ccccc1)c1c(C)cccc1C(=O)OCCc1ccc(Cl)cc1. The molecule has 3 aromatic carbocycles. The van der Waals surface area contributed by atoms with E-state index in [0.717, 1.165) is 41.5 Å². The quantitative estimate of drug-likeness (QED) is 0.178. The van der Waals surface area contributed by atoms with E-state index in [0.29, 0.717) is 23.6 Å². The van der Waals surface area contributed by atoms with Crippen molar-refractivity contribution in [2.75, 3.05) is 6.61 Å². The maximum absolute atomic E-state index is 13.1. The molecular formula is C29H31ClO2. The van der Waals surface area contributed by atoms with Crippen LogP contribution in [0.1, 0.15) is 65.2 Å². The minimum absolute atomic E-state index is 0.271. The summed E-state index contributed by atoms with van der Waals surface area (Å²) in [4.78, 5) is 13.1. The van der Waals surface area contributed by atoms with Crippen molar-refractivity contribution in [3.63, 3.8) is 0 Å². The van der Waals surface area contributed by atoms with Crippen LogP contribution in [0.5, 0.6) is 0 Å². The number of rotatable bonds is 10. The molecule has 0 saturated heterocycles. The van der Waals surface area contributed by atoms with E-state index >= 15 is 0 Å². The molecule has 0 unspecified atom stereocenters. The molecule has 32 heavy (non-hydrogen) atoms. The smallest absolute Gasteiger partial charge is 0.338 e. The second-order valence-corrected chi connectivity index (χ2v) is 8.48. The van der Waals surface area contributed by atoms with Gasteiger partial charge < -0.3 is 4.74 Å². The monoisotopic (exact) mass is 446 g/mol. The summed E-state index contributed by atoms with van der Waals surface area (Å²) >= 11 is 5.95. The van der Waals surface area contributed by atoms with Crippen molar-refractivity contribution < 1.29 is 9.53 Å². The van der Waals surface area contributed by atoms with Crippen LogP contribution in [0.4, 0.5) is 0 Å². The Morgan fingerprint density at radius 2 is 1.69 bits per heavy atom. The summed E-state index contributed by atoms with van der Waals surface area (Å²) in [5, 5.41) is 0.705. The highest BCUT2D eigenvalue weighted by Gasteiger charge is 2.18. The zero-order valence-electron chi connectivity index (χ0n) is 18.9. The third-order valence-electron chi connectivity index (χ3n) is 5.54. The number of ether oxygens (including phenoxy) is 1. The molecule has 0 aromatic heterocycles. The van der Waals surface area contributed by atoms with Crippen LogP contribution in [0.25, 0.3) is 11.6 Å². The zero-order valence-corrected chi connectivity index (χ0v) is 19.7. The number of esters is 1. The average Bonchev–Trinajstić information content (AvgIpc) is 2.80. The highest BCUT2D eigenvalue weighted by atomic mass is 35.5. The summed E-state index contributed by atoms with van der Waals surface area (Å²) in [6.45, 7) is 4.61. The Hall–Kier alpha value is -2.84. The lowest BCUT2D eigenvalue weighted by molar-refractivity contribution is 0.0509. The third kappa shape index (κ3) is 6.83. The van der Waals surface area contributed by atoms with Gasteiger partial charge in [0.2, 0.25) is 0 Å². The van der Waals surface area contributed by atoms with Gasteiger partial charge >= 0.3 is 5.97 Å². The largest absolute Gasteiger partial charge is 0.462 e. The van der Waals surface area contributed by atoms with Gasteiger partial charge in [0.15, 0.2) is 0 Å². The topological polar surface area (TPSA) is 26.3 Å². The number of halogens is 1. The molecule has 3 rings (SSSR count). The molecule has 0 atom stereocenters. The molecule has 3 heteroatoms. The lowest BCUT2D eigenvalue weighted by Gasteiger charge is -2.16. The Labute approximate surface area is 196 Å². The van der Waals surface area contributed by atoms with Crippen molar-refractivity contribution >= 4 is 29.2 Å². The van der Waals surface area contributed by atoms with Crippen LogP contribution in [0.3, 0.4) is 0 Å². The van der Waals surface area contributed by atoms with Crippen molar-refractivity contribution in [3.05, 3.63) is 106 Å². The van der Waals surface area contributed by atoms with E-state index in [9.17, 15) is 4.79 Å². The molecule has 0 heterocycles. The molecule has 0 radical (unpaired) electrons. The van der Waals surface area contributed by atoms with Crippen LogP contribution < -0.4 is 0 Å². The maximum Gasteiger partial charge on any atom is 0.338 e. The first kappa shape index (κ1) is 23.8. The van der Waals surface area contributed by atoms with E-state index in [2.05, 4.69) is 38.1 Å². The molecular weight excluding hydrogens is 416 g/mol. The van der Waals surface area contributed by atoms with Gasteiger partial charge in [-0.25, -0.2) is 4.79 Å². The summed E-state index contributed by atoms with van der Waals surface area (Å²) in [6, 6.07) is 23.8. The fourth-order valence-electron chi connectivity index (χ4n) is 3.84. The molecule has 3 aromatic rings. The summed E-state index contributed by atoms with van der Waals surface area (Å²) in [5.74, 6) is -0.271. The zero-order chi connectivity index (χ0) is 22.8. The normalized spacial score (nSPS) is 11.4. The van der Waals surface area contributed by atoms with Gasteiger partial charge in [-0.05, 0) is 65.8 Å². The lowest BCUT2D eigenvalue weighted by atomic mass is 9.90. The van der Waals surface area contributed by atoms with Crippen molar-refractivity contribution in [1.29, 1.82) is 0 Å². The second kappa shape index (κ2) is 12.3. The van der Waals surface area contributed by atoms with Crippen LogP contribution in [0.2, 0.25) is 5.02 Å². The molecule has 0 fully saturated rings. The van der Waals surface area contributed by atoms with Crippen molar-refractivity contribution in [2.45, 2.75) is 46.0 Å². The van der Waals surface area contributed by atoms with Crippen molar-refractivity contribution in [1.82, 2.24) is 0 Å². The molecule has 0 aliphatic carbocycles. The number of hydrogen-bond donors (Lipinski definition) is 0. The minimum Gasteiger partial charge on any atom is -0.462 e. The first-order valence-electron chi connectivity index (χ1n) is 11.4. The predicted octanol–water partition coefficient (Wildman–Crippen LogP) is 8.17. The molecule has 0 amide bonds. The van der Waals surface area contributed by atoms with Crippen molar-refractivity contribution in [2.24, 2.45) is 0 Å². The molecule has 0 bridgehead atoms. The van der Waals surface area contributed by atoms with Gasteiger partial charge in [-0.2, -0.15) is 0 Å². The van der Waals surface area contributed by atoms with E-state index in [1.54, 1.807) is 0 Å². The molecule has 0 spiro atoms.